The van der Waals surface area contributed by atoms with Crippen molar-refractivity contribution in [2.24, 2.45) is 5.41 Å². The van der Waals surface area contributed by atoms with Gasteiger partial charge in [-0.2, -0.15) is 23.5 Å². The van der Waals surface area contributed by atoms with E-state index in [-0.39, 0.29) is 33.5 Å². The number of rotatable bonds is 19. The van der Waals surface area contributed by atoms with E-state index in [4.69, 9.17) is 4.74 Å². The van der Waals surface area contributed by atoms with Crippen LogP contribution < -0.4 is 10.6 Å². The highest BCUT2D eigenvalue weighted by Gasteiger charge is 2.36. The zero-order chi connectivity index (χ0) is 30.0. The molecule has 39 heavy (non-hydrogen) atoms. The number of Topliss-reactive ketones (excluding diaryl/α,β-unsaturated/α-hetero) is 1. The molecule has 0 heterocycles. The first-order chi connectivity index (χ1) is 17.9. The van der Waals surface area contributed by atoms with E-state index in [0.717, 1.165) is 12.8 Å². The molecule has 1 fully saturated rings. The normalized spacial score (nSPS) is 19.6. The van der Waals surface area contributed by atoms with Gasteiger partial charge in [0.15, 0.2) is 0 Å². The van der Waals surface area contributed by atoms with Gasteiger partial charge in [0.05, 0.1) is 5.60 Å². The van der Waals surface area contributed by atoms with Crippen molar-refractivity contribution in [3.63, 3.8) is 0 Å². The predicted octanol–water partition coefficient (Wildman–Crippen LogP) is 4.37. The fourth-order valence-corrected chi connectivity index (χ4v) is 6.98. The molecule has 4 N–H and O–H groups in total. The van der Waals surface area contributed by atoms with Gasteiger partial charge in [0, 0.05) is 52.4 Å². The van der Waals surface area contributed by atoms with Gasteiger partial charge in [-0.25, -0.2) is 4.79 Å². The summed E-state index contributed by atoms with van der Waals surface area (Å²) in [5.74, 6) is -1.41. The van der Waals surface area contributed by atoms with Crippen molar-refractivity contribution in [2.45, 2.75) is 128 Å². The van der Waals surface area contributed by atoms with E-state index in [9.17, 15) is 29.4 Å². The van der Waals surface area contributed by atoms with E-state index >= 15 is 0 Å². The zero-order valence-corrected chi connectivity index (χ0v) is 26.6. The summed E-state index contributed by atoms with van der Waals surface area (Å²) in [7, 11) is 0. The Kier molecular flexibility index (Phi) is 14.3. The van der Waals surface area contributed by atoms with Gasteiger partial charge in [0.1, 0.15) is 17.9 Å². The van der Waals surface area contributed by atoms with E-state index < -0.39 is 35.0 Å². The molecule has 4 unspecified atom stereocenters. The number of carbonyl (C=O) groups is 4. The molecule has 0 saturated heterocycles. The van der Waals surface area contributed by atoms with Gasteiger partial charge in [-0.1, -0.05) is 20.8 Å². The summed E-state index contributed by atoms with van der Waals surface area (Å²) in [6, 6.07) is -1.66. The molecule has 0 spiro atoms. The first-order valence-electron chi connectivity index (χ1n) is 13.8. The van der Waals surface area contributed by atoms with Crippen molar-refractivity contribution < 1.29 is 34.1 Å². The lowest BCUT2D eigenvalue weighted by molar-refractivity contribution is -0.143. The van der Waals surface area contributed by atoms with Crippen molar-refractivity contribution >= 4 is 47.2 Å². The molecule has 0 aromatic heterocycles. The lowest BCUT2D eigenvalue weighted by Crippen LogP contribution is -2.50. The van der Waals surface area contributed by atoms with Crippen LogP contribution in [0.4, 0.5) is 0 Å². The second kappa shape index (κ2) is 15.6. The van der Waals surface area contributed by atoms with Crippen LogP contribution in [0.3, 0.4) is 0 Å². The number of carboxylic acid groups (broad SMARTS) is 2. The summed E-state index contributed by atoms with van der Waals surface area (Å²) in [5, 5.41) is 25.6. The fourth-order valence-electron chi connectivity index (χ4n) is 3.87. The van der Waals surface area contributed by atoms with Gasteiger partial charge >= 0.3 is 11.9 Å². The molecule has 0 aromatic rings. The minimum Gasteiger partial charge on any atom is -0.480 e. The third-order valence-electron chi connectivity index (χ3n) is 6.85. The molecular formula is C28H50N2O7S2. The van der Waals surface area contributed by atoms with Crippen molar-refractivity contribution in [3.8, 4) is 0 Å². The number of carbonyl (C=O) groups excluding carboxylic acids is 2. The lowest BCUT2D eigenvalue weighted by Gasteiger charge is -2.37. The summed E-state index contributed by atoms with van der Waals surface area (Å²) < 4.78 is 5.96. The molecule has 1 aliphatic carbocycles. The number of aliphatic carboxylic acids is 2. The summed E-state index contributed by atoms with van der Waals surface area (Å²) in [4.78, 5) is 48.2. The van der Waals surface area contributed by atoms with Gasteiger partial charge in [0.25, 0.3) is 0 Å². The Morgan fingerprint density at radius 2 is 1.38 bits per heavy atom. The summed E-state index contributed by atoms with van der Waals surface area (Å²) >= 11 is 3.14. The zero-order valence-electron chi connectivity index (χ0n) is 24.9. The minimum absolute atomic E-state index is 0.192. The molecule has 0 aliphatic heterocycles. The second-order valence-electron chi connectivity index (χ2n) is 12.6. The molecule has 0 radical (unpaired) electrons. The van der Waals surface area contributed by atoms with Crippen LogP contribution in [0, 0.1) is 5.41 Å². The monoisotopic (exact) mass is 590 g/mol. The van der Waals surface area contributed by atoms with Crippen molar-refractivity contribution in [3.05, 3.63) is 0 Å². The Bertz CT molecular complexity index is 842. The number of thioether (sulfide) groups is 2. The van der Waals surface area contributed by atoms with Crippen molar-refractivity contribution in [2.75, 3.05) is 18.1 Å². The fraction of sp³-hybridized carbons (Fsp3) is 0.857. The number of amides is 1. The number of ether oxygens (including phenoxy) is 1. The molecule has 9 nitrogen and oxygen atoms in total. The standard InChI is InChI=1S/C28H50N2O7S2/c1-9-18(31)12-13-28(7,8)37-15-14-27(5,6)25(36)29-19(23(32)33)16-38-21-10-11-22(21)39-17-20(24(34)35)30-26(2,3)4/h19-22,30H,9-17H2,1-8H3,(H,29,36)(H,32,33)(H,34,35). The van der Waals surface area contributed by atoms with Crippen LogP contribution in [-0.2, 0) is 23.9 Å². The molecule has 0 bridgehead atoms. The van der Waals surface area contributed by atoms with Gasteiger partial charge in [-0.3, -0.25) is 19.7 Å². The minimum atomic E-state index is -1.08. The highest BCUT2D eigenvalue weighted by Crippen LogP contribution is 2.40. The highest BCUT2D eigenvalue weighted by molar-refractivity contribution is 8.04. The SMILES string of the molecule is CCC(=O)CCC(C)(C)OCCC(C)(C)C(=O)NC(CSC1CCC1SCC(NC(C)(C)C)C(=O)O)C(=O)O. The number of carboxylic acids is 2. The Labute approximate surface area is 242 Å². The van der Waals surface area contributed by atoms with Crippen molar-refractivity contribution in [1.29, 1.82) is 0 Å². The van der Waals surface area contributed by atoms with E-state index in [1.807, 2.05) is 41.5 Å². The third-order valence-corrected chi connectivity index (χ3v) is 10.1. The summed E-state index contributed by atoms with van der Waals surface area (Å²) in [5.41, 5.74) is -1.62. The molecular weight excluding hydrogens is 540 g/mol. The Morgan fingerprint density at radius 1 is 0.872 bits per heavy atom. The molecule has 1 amide bonds. The number of hydrogen-bond donors (Lipinski definition) is 4. The Morgan fingerprint density at radius 3 is 1.82 bits per heavy atom. The number of hydrogen-bond acceptors (Lipinski definition) is 8. The predicted molar refractivity (Wildman–Crippen MR) is 159 cm³/mol. The first kappa shape index (κ1) is 35.7. The van der Waals surface area contributed by atoms with Crippen LogP contribution in [0.1, 0.15) is 93.9 Å². The lowest BCUT2D eigenvalue weighted by atomic mass is 9.88. The maximum Gasteiger partial charge on any atom is 0.327 e. The largest absolute Gasteiger partial charge is 0.480 e. The van der Waals surface area contributed by atoms with Crippen molar-refractivity contribution in [1.82, 2.24) is 10.6 Å². The average molecular weight is 591 g/mol. The second-order valence-corrected chi connectivity index (χ2v) is 15.1. The van der Waals surface area contributed by atoms with Gasteiger partial charge in [-0.15, -0.1) is 0 Å². The maximum absolute atomic E-state index is 13.0. The third kappa shape index (κ3) is 13.7. The number of ketones is 1. The molecule has 1 rings (SSSR count). The number of nitrogens with one attached hydrogen (secondary N) is 2. The van der Waals surface area contributed by atoms with Crippen LogP contribution >= 0.6 is 23.5 Å². The molecule has 0 aromatic carbocycles. The Balaban J connectivity index is 2.55. The van der Waals surface area contributed by atoms with E-state index in [2.05, 4.69) is 10.6 Å². The quantitative estimate of drug-likeness (QED) is 0.171. The molecule has 11 heteroatoms. The molecule has 1 saturated carbocycles. The van der Waals surface area contributed by atoms with Gasteiger partial charge in [-0.05, 0) is 60.3 Å². The Hall–Kier alpha value is -1.30. The van der Waals surface area contributed by atoms with Gasteiger partial charge in [0.2, 0.25) is 5.91 Å². The maximum atomic E-state index is 13.0. The average Bonchev–Trinajstić information content (AvgIpc) is 2.79. The highest BCUT2D eigenvalue weighted by atomic mass is 32.2. The van der Waals surface area contributed by atoms with E-state index in [0.29, 0.717) is 38.0 Å². The smallest absolute Gasteiger partial charge is 0.327 e. The van der Waals surface area contributed by atoms with E-state index in [1.54, 1.807) is 25.6 Å². The van der Waals surface area contributed by atoms with Gasteiger partial charge < -0.3 is 20.3 Å². The summed E-state index contributed by atoms with van der Waals surface area (Å²) in [6.07, 6.45) is 3.89. The molecule has 226 valence electrons. The van der Waals surface area contributed by atoms with Crippen LogP contribution in [0.2, 0.25) is 0 Å². The van der Waals surface area contributed by atoms with Crippen LogP contribution in [0.5, 0.6) is 0 Å². The van der Waals surface area contributed by atoms with Crippen LogP contribution in [-0.4, -0.2) is 85.7 Å². The molecule has 4 atom stereocenters. The van der Waals surface area contributed by atoms with E-state index in [1.165, 1.54) is 11.8 Å². The van der Waals surface area contributed by atoms with Crippen LogP contribution in [0.25, 0.3) is 0 Å². The molecule has 1 aliphatic rings. The first-order valence-corrected chi connectivity index (χ1v) is 15.9. The summed E-state index contributed by atoms with van der Waals surface area (Å²) in [6.45, 7) is 15.4. The topological polar surface area (TPSA) is 142 Å². The van der Waals surface area contributed by atoms with Crippen LogP contribution in [0.15, 0.2) is 0 Å².